The fraction of sp³-hybridized carbons (Fsp3) is 0.647. The Bertz CT molecular complexity index is 371. The second kappa shape index (κ2) is 10.3. The van der Waals surface area contributed by atoms with E-state index in [1.54, 1.807) is 0 Å². The third-order valence-corrected chi connectivity index (χ3v) is 4.25. The van der Waals surface area contributed by atoms with Crippen molar-refractivity contribution in [2.45, 2.75) is 69.3 Å². The molecule has 0 nitrogen and oxygen atoms in total. The van der Waals surface area contributed by atoms with E-state index in [2.05, 4.69) is 40.2 Å². The van der Waals surface area contributed by atoms with E-state index in [9.17, 15) is 13.2 Å². The van der Waals surface area contributed by atoms with E-state index >= 15 is 0 Å². The summed E-state index contributed by atoms with van der Waals surface area (Å²) in [4.78, 5) is 0. The maximum absolute atomic E-state index is 11.9. The van der Waals surface area contributed by atoms with Gasteiger partial charge in [-0.25, -0.2) is 0 Å². The van der Waals surface area contributed by atoms with Crippen LogP contribution in [0, 0.1) is 0 Å². The van der Waals surface area contributed by atoms with Crippen LogP contribution in [0.4, 0.5) is 13.2 Å². The number of alkyl halides is 4. The summed E-state index contributed by atoms with van der Waals surface area (Å²) in [7, 11) is 0. The minimum absolute atomic E-state index is 0.281. The Morgan fingerprint density at radius 1 is 0.714 bits per heavy atom. The predicted octanol–water partition coefficient (Wildman–Crippen LogP) is 6.81. The second-order valence-corrected chi connectivity index (χ2v) is 6.10. The zero-order chi connectivity index (χ0) is 15.6. The highest BCUT2D eigenvalue weighted by atomic mass is 79.9. The zero-order valence-corrected chi connectivity index (χ0v) is 14.0. The molecule has 0 radical (unpaired) electrons. The van der Waals surface area contributed by atoms with E-state index in [-0.39, 0.29) is 6.42 Å². The van der Waals surface area contributed by atoms with Crippen molar-refractivity contribution in [2.24, 2.45) is 0 Å². The van der Waals surface area contributed by atoms with Crippen molar-refractivity contribution in [3.8, 4) is 0 Å². The molecular weight excluding hydrogens is 341 g/mol. The van der Waals surface area contributed by atoms with Crippen molar-refractivity contribution in [2.75, 3.05) is 0 Å². The third-order valence-electron chi connectivity index (χ3n) is 3.60. The van der Waals surface area contributed by atoms with Crippen LogP contribution < -0.4 is 0 Å². The largest absolute Gasteiger partial charge is 0.389 e. The molecule has 0 aliphatic heterocycles. The minimum Gasteiger partial charge on any atom is -0.171 e. The van der Waals surface area contributed by atoms with Gasteiger partial charge in [-0.15, -0.1) is 0 Å². The normalized spacial score (nSPS) is 11.8. The van der Waals surface area contributed by atoms with Crippen LogP contribution in [0.25, 0.3) is 0 Å². The van der Waals surface area contributed by atoms with Crippen LogP contribution in [0.2, 0.25) is 0 Å². The molecule has 0 aromatic heterocycles. The van der Waals surface area contributed by atoms with E-state index in [1.807, 2.05) is 0 Å². The first-order valence-corrected chi connectivity index (χ1v) is 8.84. The highest BCUT2D eigenvalue weighted by Gasteiger charge is 2.25. The van der Waals surface area contributed by atoms with Crippen LogP contribution in [0.1, 0.15) is 62.5 Å². The van der Waals surface area contributed by atoms with Crippen molar-refractivity contribution >= 4 is 15.9 Å². The van der Waals surface area contributed by atoms with Gasteiger partial charge in [-0.3, -0.25) is 0 Å². The fourth-order valence-corrected chi connectivity index (χ4v) is 2.71. The molecule has 0 aliphatic carbocycles. The molecule has 0 atom stereocenters. The van der Waals surface area contributed by atoms with E-state index in [1.165, 1.54) is 17.5 Å². The van der Waals surface area contributed by atoms with Crippen LogP contribution >= 0.6 is 15.9 Å². The number of rotatable bonds is 10. The van der Waals surface area contributed by atoms with Gasteiger partial charge < -0.3 is 0 Å². The number of halogens is 4. The molecule has 0 N–H and O–H groups in total. The summed E-state index contributed by atoms with van der Waals surface area (Å²) in [5.74, 6) is 0. The SMILES string of the molecule is FC(F)(F)CCCCCCCCCc1ccc(CBr)cc1. The summed E-state index contributed by atoms with van der Waals surface area (Å²) < 4.78 is 35.8. The van der Waals surface area contributed by atoms with Crippen molar-refractivity contribution in [3.63, 3.8) is 0 Å². The van der Waals surface area contributed by atoms with E-state index in [0.29, 0.717) is 6.42 Å². The van der Waals surface area contributed by atoms with Gasteiger partial charge in [0.15, 0.2) is 0 Å². The summed E-state index contributed by atoms with van der Waals surface area (Å²) >= 11 is 3.43. The molecule has 0 bridgehead atoms. The van der Waals surface area contributed by atoms with Crippen LogP contribution in [-0.2, 0) is 11.8 Å². The van der Waals surface area contributed by atoms with Crippen molar-refractivity contribution in [3.05, 3.63) is 35.4 Å². The molecule has 4 heteroatoms. The van der Waals surface area contributed by atoms with Gasteiger partial charge in [0.25, 0.3) is 0 Å². The van der Waals surface area contributed by atoms with Crippen LogP contribution in [0.15, 0.2) is 24.3 Å². The lowest BCUT2D eigenvalue weighted by Crippen LogP contribution is -2.06. The lowest BCUT2D eigenvalue weighted by atomic mass is 10.0. The Kier molecular flexibility index (Phi) is 9.05. The molecule has 0 heterocycles. The first-order valence-electron chi connectivity index (χ1n) is 7.72. The monoisotopic (exact) mass is 364 g/mol. The Labute approximate surface area is 134 Å². The molecule has 0 amide bonds. The van der Waals surface area contributed by atoms with Gasteiger partial charge in [0.05, 0.1) is 0 Å². The molecule has 0 spiro atoms. The fourth-order valence-electron chi connectivity index (χ4n) is 2.33. The Hall–Kier alpha value is -0.510. The molecule has 1 aromatic carbocycles. The van der Waals surface area contributed by atoms with Crippen LogP contribution in [-0.4, -0.2) is 6.18 Å². The van der Waals surface area contributed by atoms with Gasteiger partial charge in [0.1, 0.15) is 0 Å². The molecule has 120 valence electrons. The molecule has 21 heavy (non-hydrogen) atoms. The molecule has 0 saturated heterocycles. The molecule has 1 rings (SSSR count). The summed E-state index contributed by atoms with van der Waals surface area (Å²) in [6.07, 6.45) is 2.91. The Morgan fingerprint density at radius 3 is 1.71 bits per heavy atom. The van der Waals surface area contributed by atoms with E-state index < -0.39 is 12.6 Å². The smallest absolute Gasteiger partial charge is 0.171 e. The number of hydrogen-bond acceptors (Lipinski definition) is 0. The highest BCUT2D eigenvalue weighted by molar-refractivity contribution is 9.08. The number of hydrogen-bond donors (Lipinski definition) is 0. The van der Waals surface area contributed by atoms with E-state index in [0.717, 1.165) is 37.4 Å². The summed E-state index contributed by atoms with van der Waals surface area (Å²) in [5.41, 5.74) is 2.66. The van der Waals surface area contributed by atoms with Crippen LogP contribution in [0.3, 0.4) is 0 Å². The molecule has 0 aliphatic rings. The standard InChI is InChI=1S/C17H24BrF3/c18-14-16-11-9-15(10-12-16)8-6-4-2-1-3-5-7-13-17(19,20)21/h9-12H,1-8,13-14H2. The number of benzene rings is 1. The minimum atomic E-state index is -3.98. The zero-order valence-electron chi connectivity index (χ0n) is 12.4. The molecule has 0 unspecified atom stereocenters. The van der Waals surface area contributed by atoms with E-state index in [4.69, 9.17) is 0 Å². The second-order valence-electron chi connectivity index (χ2n) is 5.54. The molecule has 0 saturated carbocycles. The maximum Gasteiger partial charge on any atom is 0.389 e. The number of unbranched alkanes of at least 4 members (excludes halogenated alkanes) is 6. The molecule has 1 aromatic rings. The van der Waals surface area contributed by atoms with Crippen molar-refractivity contribution in [1.82, 2.24) is 0 Å². The lowest BCUT2D eigenvalue weighted by molar-refractivity contribution is -0.135. The lowest BCUT2D eigenvalue weighted by Gasteiger charge is -2.06. The van der Waals surface area contributed by atoms with Crippen LogP contribution in [0.5, 0.6) is 0 Å². The topological polar surface area (TPSA) is 0 Å². The Balaban J connectivity index is 1.94. The Morgan fingerprint density at radius 2 is 1.19 bits per heavy atom. The van der Waals surface area contributed by atoms with Crippen molar-refractivity contribution < 1.29 is 13.2 Å². The average molecular weight is 365 g/mol. The van der Waals surface area contributed by atoms with Gasteiger partial charge in [-0.2, -0.15) is 13.2 Å². The average Bonchev–Trinajstić information content (AvgIpc) is 2.45. The predicted molar refractivity (Wildman–Crippen MR) is 85.8 cm³/mol. The van der Waals surface area contributed by atoms with Crippen molar-refractivity contribution in [1.29, 1.82) is 0 Å². The first-order chi connectivity index (χ1) is 10.0. The first kappa shape index (κ1) is 18.5. The highest BCUT2D eigenvalue weighted by Crippen LogP contribution is 2.23. The maximum atomic E-state index is 11.9. The summed E-state index contributed by atoms with van der Waals surface area (Å²) in [5, 5.41) is 0.890. The van der Waals surface area contributed by atoms with Gasteiger partial charge in [-0.1, -0.05) is 72.3 Å². The quantitative estimate of drug-likeness (QED) is 0.316. The third kappa shape index (κ3) is 9.94. The van der Waals surface area contributed by atoms with Gasteiger partial charge in [0, 0.05) is 11.8 Å². The molecule has 0 fully saturated rings. The van der Waals surface area contributed by atoms with Gasteiger partial charge in [-0.05, 0) is 30.4 Å². The summed E-state index contributed by atoms with van der Waals surface area (Å²) in [6, 6.07) is 8.64. The number of aryl methyl sites for hydroxylation is 1. The molecular formula is C17H24BrF3. The van der Waals surface area contributed by atoms with Gasteiger partial charge in [0.2, 0.25) is 0 Å². The summed E-state index contributed by atoms with van der Waals surface area (Å²) in [6.45, 7) is 0. The van der Waals surface area contributed by atoms with Gasteiger partial charge >= 0.3 is 6.18 Å².